The lowest BCUT2D eigenvalue weighted by Crippen LogP contribution is -2.26. The van der Waals surface area contributed by atoms with Crippen LogP contribution in [0.3, 0.4) is 0 Å². The largest absolute Gasteiger partial charge is 0.393 e. The Kier molecular flexibility index (Phi) is 6.26. The van der Waals surface area contributed by atoms with Gasteiger partial charge >= 0.3 is 0 Å². The lowest BCUT2D eigenvalue weighted by atomic mass is 9.77. The molecule has 0 aromatic carbocycles. The summed E-state index contributed by atoms with van der Waals surface area (Å²) in [6.45, 7) is 3.05. The number of ether oxygens (including phenoxy) is 1. The molecule has 2 nitrogen and oxygen atoms in total. The van der Waals surface area contributed by atoms with Crippen LogP contribution in [0.5, 0.6) is 0 Å². The maximum absolute atomic E-state index is 10.1. The van der Waals surface area contributed by atoms with Gasteiger partial charge in [-0.3, -0.25) is 0 Å². The van der Waals surface area contributed by atoms with E-state index in [-0.39, 0.29) is 6.10 Å². The standard InChI is InChI=1S/C13H26O2/c1-3-11-6-4-7-12(10-11)13(14)8-5-9-15-2/h11-14H,3-10H2,1-2H3. The number of methoxy groups -OCH3 is 1. The van der Waals surface area contributed by atoms with Crippen LogP contribution in [-0.2, 0) is 4.74 Å². The number of hydrogen-bond acceptors (Lipinski definition) is 2. The molecule has 0 amide bonds. The molecule has 1 saturated carbocycles. The molecule has 0 aliphatic heterocycles. The summed E-state index contributed by atoms with van der Waals surface area (Å²) in [5.74, 6) is 1.42. The SMILES string of the molecule is CCC1CCCC(C(O)CCCOC)C1. The molecule has 1 aliphatic rings. The van der Waals surface area contributed by atoms with Crippen LogP contribution in [0.2, 0.25) is 0 Å². The fourth-order valence-electron chi connectivity index (χ4n) is 2.73. The minimum atomic E-state index is -0.0884. The van der Waals surface area contributed by atoms with Crippen molar-refractivity contribution in [3.05, 3.63) is 0 Å². The average Bonchev–Trinajstić information content (AvgIpc) is 2.29. The molecule has 1 aliphatic carbocycles. The lowest BCUT2D eigenvalue weighted by Gasteiger charge is -2.31. The van der Waals surface area contributed by atoms with Crippen LogP contribution in [0.4, 0.5) is 0 Å². The Balaban J connectivity index is 2.22. The number of aliphatic hydroxyl groups excluding tert-OH is 1. The highest BCUT2D eigenvalue weighted by Gasteiger charge is 2.25. The van der Waals surface area contributed by atoms with Gasteiger partial charge in [0, 0.05) is 13.7 Å². The van der Waals surface area contributed by atoms with E-state index in [4.69, 9.17) is 4.74 Å². The van der Waals surface area contributed by atoms with Crippen LogP contribution in [0.15, 0.2) is 0 Å². The van der Waals surface area contributed by atoms with Gasteiger partial charge in [0.2, 0.25) is 0 Å². The van der Waals surface area contributed by atoms with Gasteiger partial charge in [0.15, 0.2) is 0 Å². The van der Waals surface area contributed by atoms with Gasteiger partial charge in [-0.25, -0.2) is 0 Å². The molecule has 0 saturated heterocycles. The van der Waals surface area contributed by atoms with Crippen molar-refractivity contribution in [2.24, 2.45) is 11.8 Å². The van der Waals surface area contributed by atoms with Crippen LogP contribution in [-0.4, -0.2) is 24.9 Å². The molecule has 2 heteroatoms. The second kappa shape index (κ2) is 7.24. The fourth-order valence-corrected chi connectivity index (χ4v) is 2.73. The highest BCUT2D eigenvalue weighted by atomic mass is 16.5. The first-order chi connectivity index (χ1) is 7.27. The second-order valence-corrected chi connectivity index (χ2v) is 4.90. The first-order valence-electron chi connectivity index (χ1n) is 6.45. The normalized spacial score (nSPS) is 29.0. The third-order valence-electron chi connectivity index (χ3n) is 3.79. The molecule has 0 aromatic heterocycles. The maximum atomic E-state index is 10.1. The summed E-state index contributed by atoms with van der Waals surface area (Å²) in [5, 5.41) is 10.1. The first-order valence-corrected chi connectivity index (χ1v) is 6.45. The molecule has 1 N–H and O–H groups in total. The highest BCUT2D eigenvalue weighted by Crippen LogP contribution is 2.33. The molecule has 0 spiro atoms. The van der Waals surface area contributed by atoms with E-state index < -0.39 is 0 Å². The summed E-state index contributed by atoms with van der Waals surface area (Å²) in [7, 11) is 1.72. The summed E-state index contributed by atoms with van der Waals surface area (Å²) in [6.07, 6.45) is 8.24. The predicted octanol–water partition coefficient (Wildman–Crippen LogP) is 2.99. The minimum absolute atomic E-state index is 0.0884. The molecule has 0 aromatic rings. The Morgan fingerprint density at radius 3 is 2.87 bits per heavy atom. The Bertz CT molecular complexity index is 159. The van der Waals surface area contributed by atoms with Gasteiger partial charge in [-0.2, -0.15) is 0 Å². The molecule has 15 heavy (non-hydrogen) atoms. The van der Waals surface area contributed by atoms with Gasteiger partial charge in [0.1, 0.15) is 0 Å². The van der Waals surface area contributed by atoms with Gasteiger partial charge in [0.25, 0.3) is 0 Å². The van der Waals surface area contributed by atoms with Gasteiger partial charge in [-0.1, -0.05) is 26.2 Å². The molecular weight excluding hydrogens is 188 g/mol. The third-order valence-corrected chi connectivity index (χ3v) is 3.79. The van der Waals surface area contributed by atoms with E-state index in [1.54, 1.807) is 7.11 Å². The Morgan fingerprint density at radius 1 is 1.40 bits per heavy atom. The van der Waals surface area contributed by atoms with Crippen LogP contribution in [0.25, 0.3) is 0 Å². The molecule has 1 fully saturated rings. The van der Waals surface area contributed by atoms with Crippen molar-refractivity contribution < 1.29 is 9.84 Å². The summed E-state index contributed by atoms with van der Waals surface area (Å²) >= 11 is 0. The quantitative estimate of drug-likeness (QED) is 0.689. The Hall–Kier alpha value is -0.0800. The lowest BCUT2D eigenvalue weighted by molar-refractivity contribution is 0.0532. The average molecular weight is 214 g/mol. The Labute approximate surface area is 94.0 Å². The Morgan fingerprint density at radius 2 is 2.20 bits per heavy atom. The summed E-state index contributed by atoms with van der Waals surface area (Å²) < 4.78 is 5.01. The molecule has 0 bridgehead atoms. The molecular formula is C13H26O2. The van der Waals surface area contributed by atoms with Crippen molar-refractivity contribution in [1.82, 2.24) is 0 Å². The molecule has 0 radical (unpaired) electrons. The number of aliphatic hydroxyl groups is 1. The zero-order chi connectivity index (χ0) is 11.1. The zero-order valence-electron chi connectivity index (χ0n) is 10.2. The van der Waals surface area contributed by atoms with E-state index in [1.807, 2.05) is 0 Å². The fraction of sp³-hybridized carbons (Fsp3) is 1.00. The second-order valence-electron chi connectivity index (χ2n) is 4.90. The van der Waals surface area contributed by atoms with Crippen molar-refractivity contribution in [3.63, 3.8) is 0 Å². The highest BCUT2D eigenvalue weighted by molar-refractivity contribution is 4.77. The van der Waals surface area contributed by atoms with Crippen molar-refractivity contribution in [3.8, 4) is 0 Å². The molecule has 1 rings (SSSR count). The van der Waals surface area contributed by atoms with E-state index in [0.29, 0.717) is 5.92 Å². The molecule has 3 unspecified atom stereocenters. The predicted molar refractivity (Wildman–Crippen MR) is 62.9 cm³/mol. The van der Waals surface area contributed by atoms with Crippen molar-refractivity contribution in [1.29, 1.82) is 0 Å². The van der Waals surface area contributed by atoms with Crippen molar-refractivity contribution in [2.45, 2.75) is 58.0 Å². The minimum Gasteiger partial charge on any atom is -0.393 e. The molecule has 90 valence electrons. The van der Waals surface area contributed by atoms with E-state index in [1.165, 1.54) is 32.1 Å². The smallest absolute Gasteiger partial charge is 0.0569 e. The van der Waals surface area contributed by atoms with E-state index in [0.717, 1.165) is 25.4 Å². The van der Waals surface area contributed by atoms with Crippen LogP contribution in [0, 0.1) is 11.8 Å². The monoisotopic (exact) mass is 214 g/mol. The zero-order valence-corrected chi connectivity index (χ0v) is 10.2. The molecule has 0 heterocycles. The summed E-state index contributed by atoms with van der Waals surface area (Å²) in [5.41, 5.74) is 0. The van der Waals surface area contributed by atoms with Crippen LogP contribution < -0.4 is 0 Å². The van der Waals surface area contributed by atoms with Crippen molar-refractivity contribution in [2.75, 3.05) is 13.7 Å². The van der Waals surface area contributed by atoms with E-state index in [9.17, 15) is 5.11 Å². The summed E-state index contributed by atoms with van der Waals surface area (Å²) in [4.78, 5) is 0. The summed E-state index contributed by atoms with van der Waals surface area (Å²) in [6, 6.07) is 0. The van der Waals surface area contributed by atoms with Crippen LogP contribution in [0.1, 0.15) is 51.9 Å². The van der Waals surface area contributed by atoms with E-state index >= 15 is 0 Å². The van der Waals surface area contributed by atoms with E-state index in [2.05, 4.69) is 6.92 Å². The first kappa shape index (κ1) is 13.0. The number of rotatable bonds is 6. The topological polar surface area (TPSA) is 29.5 Å². The van der Waals surface area contributed by atoms with Gasteiger partial charge in [0.05, 0.1) is 6.10 Å². The molecule has 3 atom stereocenters. The maximum Gasteiger partial charge on any atom is 0.0569 e. The van der Waals surface area contributed by atoms with Gasteiger partial charge in [-0.05, 0) is 37.5 Å². The van der Waals surface area contributed by atoms with Gasteiger partial charge < -0.3 is 9.84 Å². The van der Waals surface area contributed by atoms with Crippen molar-refractivity contribution >= 4 is 0 Å². The van der Waals surface area contributed by atoms with Crippen LogP contribution >= 0.6 is 0 Å². The third kappa shape index (κ3) is 4.52. The number of hydrogen-bond donors (Lipinski definition) is 1. The van der Waals surface area contributed by atoms with Gasteiger partial charge in [-0.15, -0.1) is 0 Å².